The van der Waals surface area contributed by atoms with Crippen LogP contribution in [0.5, 0.6) is 0 Å². The Morgan fingerprint density at radius 2 is 0.895 bits per heavy atom. The maximum Gasteiger partial charge on any atom is -0.00997 e. The van der Waals surface area contributed by atoms with Gasteiger partial charge in [0.05, 0.1) is 0 Å². The quantitative estimate of drug-likeness (QED) is 0.0979. The summed E-state index contributed by atoms with van der Waals surface area (Å²) < 4.78 is 0. The van der Waals surface area contributed by atoms with E-state index < -0.39 is 0 Å². The molecule has 38 heavy (non-hydrogen) atoms. The van der Waals surface area contributed by atoms with Crippen molar-refractivity contribution in [3.8, 4) is 0 Å². The molecular formula is C38H58. The Morgan fingerprint density at radius 1 is 0.395 bits per heavy atom. The number of benzene rings is 3. The lowest BCUT2D eigenvalue weighted by atomic mass is 9.85. The molecule has 0 amide bonds. The van der Waals surface area contributed by atoms with Crippen LogP contribution in [0.2, 0.25) is 0 Å². The van der Waals surface area contributed by atoms with Gasteiger partial charge in [0.2, 0.25) is 0 Å². The molecule has 0 heteroatoms. The van der Waals surface area contributed by atoms with Gasteiger partial charge in [-0.3, -0.25) is 0 Å². The summed E-state index contributed by atoms with van der Waals surface area (Å²) in [7, 11) is 0. The standard InChI is InChI=1S/C38H58/c1-4-7-10-13-16-19-25-33-31-38-34-27-23-22-24-32(34)29-30-37(38)36(28-21-18-15-12-9-6-3)35(33)26-20-17-14-11-8-5-2/h22-24,27,29-31H,4-21,25-26,28H2,1-3H3. The van der Waals surface area contributed by atoms with Crippen LogP contribution in [0.3, 0.4) is 0 Å². The zero-order valence-electron chi connectivity index (χ0n) is 25.4. The molecule has 0 atom stereocenters. The maximum absolute atomic E-state index is 2.63. The lowest BCUT2D eigenvalue weighted by Gasteiger charge is -2.20. The van der Waals surface area contributed by atoms with Crippen LogP contribution in [0.1, 0.15) is 153 Å². The molecule has 0 radical (unpaired) electrons. The highest BCUT2D eigenvalue weighted by molar-refractivity contribution is 6.09. The summed E-state index contributed by atoms with van der Waals surface area (Å²) in [5.74, 6) is 0. The third kappa shape index (κ3) is 9.73. The SMILES string of the molecule is CCCCCCCCc1cc2c(ccc3ccccc32)c(CCCCCCCC)c1CCCCCCCC. The van der Waals surface area contributed by atoms with Crippen LogP contribution >= 0.6 is 0 Å². The van der Waals surface area contributed by atoms with E-state index in [-0.39, 0.29) is 0 Å². The number of hydrogen-bond acceptors (Lipinski definition) is 0. The molecule has 0 aliphatic carbocycles. The summed E-state index contributed by atoms with van der Waals surface area (Å²) in [4.78, 5) is 0. The van der Waals surface area contributed by atoms with Crippen molar-refractivity contribution in [3.05, 3.63) is 59.2 Å². The molecule has 3 aromatic carbocycles. The molecule has 0 fully saturated rings. The minimum absolute atomic E-state index is 1.26. The van der Waals surface area contributed by atoms with E-state index in [9.17, 15) is 0 Å². The van der Waals surface area contributed by atoms with E-state index in [1.165, 1.54) is 151 Å². The molecule has 0 bridgehead atoms. The normalized spacial score (nSPS) is 11.7. The van der Waals surface area contributed by atoms with Crippen LogP contribution < -0.4 is 0 Å². The molecule has 3 rings (SSSR count). The Hall–Kier alpha value is -1.82. The number of fused-ring (bicyclic) bond motifs is 3. The second-order valence-corrected chi connectivity index (χ2v) is 11.9. The average Bonchev–Trinajstić information content (AvgIpc) is 2.94. The number of unbranched alkanes of at least 4 members (excludes halogenated alkanes) is 15. The van der Waals surface area contributed by atoms with Gasteiger partial charge in [0.15, 0.2) is 0 Å². The first kappa shape index (κ1) is 30.7. The Balaban J connectivity index is 1.89. The third-order valence-electron chi connectivity index (χ3n) is 8.73. The molecule has 0 nitrogen and oxygen atoms in total. The molecule has 0 heterocycles. The Labute approximate surface area is 236 Å². The van der Waals surface area contributed by atoms with Gasteiger partial charge in [-0.25, -0.2) is 0 Å². The molecule has 0 N–H and O–H groups in total. The molecule has 0 aliphatic rings. The summed E-state index contributed by atoms with van der Waals surface area (Å²) in [6, 6.07) is 16.5. The zero-order valence-corrected chi connectivity index (χ0v) is 25.4. The lowest BCUT2D eigenvalue weighted by Crippen LogP contribution is -2.04. The lowest BCUT2D eigenvalue weighted by molar-refractivity contribution is 0.594. The van der Waals surface area contributed by atoms with Gasteiger partial charge < -0.3 is 0 Å². The highest BCUT2D eigenvalue weighted by Gasteiger charge is 2.15. The van der Waals surface area contributed by atoms with Gasteiger partial charge in [-0.15, -0.1) is 0 Å². The van der Waals surface area contributed by atoms with Gasteiger partial charge in [0.25, 0.3) is 0 Å². The molecule has 0 aromatic heterocycles. The van der Waals surface area contributed by atoms with E-state index in [0.29, 0.717) is 0 Å². The van der Waals surface area contributed by atoms with Crippen molar-refractivity contribution in [2.24, 2.45) is 0 Å². The molecule has 0 saturated carbocycles. The van der Waals surface area contributed by atoms with Crippen LogP contribution in [-0.2, 0) is 19.3 Å². The molecule has 3 aromatic rings. The fourth-order valence-electron chi connectivity index (χ4n) is 6.41. The number of hydrogen-bond donors (Lipinski definition) is 0. The highest BCUT2D eigenvalue weighted by Crippen LogP contribution is 2.35. The van der Waals surface area contributed by atoms with Crippen molar-refractivity contribution in [1.82, 2.24) is 0 Å². The van der Waals surface area contributed by atoms with Crippen molar-refractivity contribution in [2.75, 3.05) is 0 Å². The molecule has 210 valence electrons. The third-order valence-corrected chi connectivity index (χ3v) is 8.73. The molecular weight excluding hydrogens is 456 g/mol. The predicted octanol–water partition coefficient (Wildman–Crippen LogP) is 12.7. The van der Waals surface area contributed by atoms with E-state index in [2.05, 4.69) is 63.2 Å². The molecule has 0 aliphatic heterocycles. The van der Waals surface area contributed by atoms with Crippen LogP contribution in [0, 0.1) is 0 Å². The van der Waals surface area contributed by atoms with Gasteiger partial charge in [-0.2, -0.15) is 0 Å². The monoisotopic (exact) mass is 514 g/mol. The van der Waals surface area contributed by atoms with E-state index in [1.807, 2.05) is 0 Å². The smallest absolute Gasteiger partial charge is 0.00997 e. The summed E-state index contributed by atoms with van der Waals surface area (Å²) in [5, 5.41) is 5.89. The summed E-state index contributed by atoms with van der Waals surface area (Å²) >= 11 is 0. The average molecular weight is 515 g/mol. The van der Waals surface area contributed by atoms with E-state index in [0.717, 1.165) is 0 Å². The van der Waals surface area contributed by atoms with Crippen LogP contribution in [-0.4, -0.2) is 0 Å². The predicted molar refractivity (Wildman–Crippen MR) is 173 cm³/mol. The minimum atomic E-state index is 1.26. The van der Waals surface area contributed by atoms with Crippen LogP contribution in [0.15, 0.2) is 42.5 Å². The van der Waals surface area contributed by atoms with Gasteiger partial charge in [-0.1, -0.05) is 160 Å². The second-order valence-electron chi connectivity index (χ2n) is 11.9. The van der Waals surface area contributed by atoms with E-state index >= 15 is 0 Å². The van der Waals surface area contributed by atoms with Crippen molar-refractivity contribution in [2.45, 2.75) is 156 Å². The fourth-order valence-corrected chi connectivity index (χ4v) is 6.41. The van der Waals surface area contributed by atoms with Crippen molar-refractivity contribution < 1.29 is 0 Å². The van der Waals surface area contributed by atoms with Gasteiger partial charge in [0.1, 0.15) is 0 Å². The summed E-state index contributed by atoms with van der Waals surface area (Å²) in [6.07, 6.45) is 28.7. The molecule has 0 saturated heterocycles. The Morgan fingerprint density at radius 3 is 1.50 bits per heavy atom. The van der Waals surface area contributed by atoms with Crippen molar-refractivity contribution in [3.63, 3.8) is 0 Å². The van der Waals surface area contributed by atoms with Crippen molar-refractivity contribution >= 4 is 21.5 Å². The largest absolute Gasteiger partial charge is 0.0654 e. The first-order chi connectivity index (χ1) is 18.8. The summed E-state index contributed by atoms with van der Waals surface area (Å²) in [5.41, 5.74) is 5.13. The second kappa shape index (κ2) is 18.5. The molecule has 0 spiro atoms. The first-order valence-corrected chi connectivity index (χ1v) is 16.7. The Bertz CT molecular complexity index is 1040. The summed E-state index contributed by atoms with van der Waals surface area (Å²) in [6.45, 7) is 6.96. The minimum Gasteiger partial charge on any atom is -0.0654 e. The zero-order chi connectivity index (χ0) is 26.8. The van der Waals surface area contributed by atoms with Gasteiger partial charge >= 0.3 is 0 Å². The van der Waals surface area contributed by atoms with E-state index in [4.69, 9.17) is 0 Å². The van der Waals surface area contributed by atoms with Crippen LogP contribution in [0.25, 0.3) is 21.5 Å². The van der Waals surface area contributed by atoms with E-state index in [1.54, 1.807) is 22.1 Å². The van der Waals surface area contributed by atoms with Gasteiger partial charge in [0, 0.05) is 0 Å². The van der Waals surface area contributed by atoms with Crippen LogP contribution in [0.4, 0.5) is 0 Å². The fraction of sp³-hybridized carbons (Fsp3) is 0.632. The Kier molecular flexibility index (Phi) is 14.9. The number of rotatable bonds is 21. The molecule has 0 unspecified atom stereocenters. The number of aryl methyl sites for hydroxylation is 2. The van der Waals surface area contributed by atoms with Gasteiger partial charge in [-0.05, 0) is 76.8 Å². The maximum atomic E-state index is 2.63. The topological polar surface area (TPSA) is 0 Å². The van der Waals surface area contributed by atoms with Crippen molar-refractivity contribution in [1.29, 1.82) is 0 Å². The highest BCUT2D eigenvalue weighted by atomic mass is 14.2. The first-order valence-electron chi connectivity index (χ1n) is 16.7.